The minimum Gasteiger partial charge on any atom is -0.0991 e. The van der Waals surface area contributed by atoms with Gasteiger partial charge in [0.2, 0.25) is 0 Å². The summed E-state index contributed by atoms with van der Waals surface area (Å²) in [6.45, 7) is 3.93. The zero-order chi connectivity index (χ0) is 21.7. The Kier molecular flexibility index (Phi) is 4.19. The van der Waals surface area contributed by atoms with Gasteiger partial charge in [0.15, 0.2) is 0 Å². The Morgan fingerprint density at radius 1 is 0.625 bits per heavy atom. The molecule has 0 atom stereocenters. The van der Waals surface area contributed by atoms with Crippen LogP contribution in [0.1, 0.15) is 22.3 Å². The first kappa shape index (κ1) is 18.9. The van der Waals surface area contributed by atoms with Gasteiger partial charge in [-0.1, -0.05) is 127 Å². The van der Waals surface area contributed by atoms with E-state index >= 15 is 0 Å². The lowest BCUT2D eigenvalue weighted by Gasteiger charge is -2.31. The number of hydrogen-bond acceptors (Lipinski definition) is 0. The highest BCUT2D eigenvalue weighted by atomic mass is 14.5. The Labute approximate surface area is 190 Å². The zero-order valence-corrected chi connectivity index (χ0v) is 18.2. The van der Waals surface area contributed by atoms with Crippen LogP contribution < -0.4 is 0 Å². The average molecular weight is 406 g/mol. The predicted molar refractivity (Wildman–Crippen MR) is 138 cm³/mol. The summed E-state index contributed by atoms with van der Waals surface area (Å²) in [5, 5.41) is 0. The lowest BCUT2D eigenvalue weighted by atomic mass is 9.63. The van der Waals surface area contributed by atoms with Crippen molar-refractivity contribution in [3.05, 3.63) is 150 Å². The van der Waals surface area contributed by atoms with Crippen molar-refractivity contribution in [1.29, 1.82) is 0 Å². The zero-order valence-electron chi connectivity index (χ0n) is 18.2. The van der Waals surface area contributed by atoms with Crippen molar-refractivity contribution in [2.24, 2.45) is 0 Å². The standard InChI is InChI=1S/C31H23B/c1-2-3-14-25-29-22(21-12-5-4-6-13-21)17-11-20-28(29)31(30(25)32)26-18-9-7-15-23(26)24-16-8-10-19-27(24)31/h2-20H,1,32H2/b14-3-. The van der Waals surface area contributed by atoms with E-state index in [2.05, 4.69) is 124 Å². The SMILES string of the molecule is BC1=C(/C=C\C=C)c2c(-c3ccccc3)cccc2C12c1ccccc1-c1ccccc12. The van der Waals surface area contributed by atoms with Crippen LogP contribution in [0.4, 0.5) is 0 Å². The first-order valence-corrected chi connectivity index (χ1v) is 11.2. The molecule has 150 valence electrons. The highest BCUT2D eigenvalue weighted by Gasteiger charge is 2.50. The summed E-state index contributed by atoms with van der Waals surface area (Å²) in [6.07, 6.45) is 6.18. The molecular weight excluding hydrogens is 383 g/mol. The van der Waals surface area contributed by atoms with Gasteiger partial charge < -0.3 is 0 Å². The van der Waals surface area contributed by atoms with Gasteiger partial charge in [0.05, 0.1) is 5.41 Å². The minimum atomic E-state index is -0.270. The molecule has 0 fully saturated rings. The number of rotatable bonds is 3. The van der Waals surface area contributed by atoms with Crippen molar-refractivity contribution in [3.8, 4) is 22.3 Å². The highest BCUT2D eigenvalue weighted by Crippen LogP contribution is 2.62. The van der Waals surface area contributed by atoms with Crippen molar-refractivity contribution >= 4 is 13.4 Å². The fourth-order valence-electron chi connectivity index (χ4n) is 5.91. The number of fused-ring (bicyclic) bond motifs is 7. The molecule has 1 heteroatoms. The van der Waals surface area contributed by atoms with Gasteiger partial charge >= 0.3 is 0 Å². The summed E-state index contributed by atoms with van der Waals surface area (Å²) in [7, 11) is 2.32. The predicted octanol–water partition coefficient (Wildman–Crippen LogP) is 6.77. The fourth-order valence-corrected chi connectivity index (χ4v) is 5.91. The molecule has 0 amide bonds. The van der Waals surface area contributed by atoms with Crippen molar-refractivity contribution in [2.45, 2.75) is 5.41 Å². The van der Waals surface area contributed by atoms with Gasteiger partial charge in [-0.3, -0.25) is 0 Å². The van der Waals surface area contributed by atoms with Crippen LogP contribution in [0.5, 0.6) is 0 Å². The normalized spacial score (nSPS) is 15.1. The van der Waals surface area contributed by atoms with Gasteiger partial charge in [0, 0.05) is 0 Å². The molecule has 0 nitrogen and oxygen atoms in total. The molecule has 6 rings (SSSR count). The molecule has 0 heterocycles. The van der Waals surface area contributed by atoms with Gasteiger partial charge in [0.25, 0.3) is 0 Å². The van der Waals surface area contributed by atoms with E-state index in [0.717, 1.165) is 0 Å². The van der Waals surface area contributed by atoms with Gasteiger partial charge in [0.1, 0.15) is 7.85 Å². The second-order valence-corrected chi connectivity index (χ2v) is 8.57. The Balaban J connectivity index is 1.78. The average Bonchev–Trinajstić information content (AvgIpc) is 3.29. The molecule has 0 bridgehead atoms. The largest absolute Gasteiger partial charge is 0.136 e. The van der Waals surface area contributed by atoms with E-state index in [9.17, 15) is 0 Å². The first-order chi connectivity index (χ1) is 15.8. The molecule has 0 saturated carbocycles. The smallest absolute Gasteiger partial charge is 0.0991 e. The maximum Gasteiger partial charge on any atom is 0.136 e. The monoisotopic (exact) mass is 406 g/mol. The Bertz CT molecular complexity index is 1390. The lowest BCUT2D eigenvalue weighted by molar-refractivity contribution is 0.805. The van der Waals surface area contributed by atoms with Crippen LogP contribution in [0.2, 0.25) is 0 Å². The summed E-state index contributed by atoms with van der Waals surface area (Å²) < 4.78 is 0. The number of allylic oxidation sites excluding steroid dienone is 5. The molecule has 0 aromatic heterocycles. The van der Waals surface area contributed by atoms with Crippen LogP contribution >= 0.6 is 0 Å². The molecule has 2 aliphatic rings. The molecule has 2 aliphatic carbocycles. The molecule has 0 saturated heterocycles. The van der Waals surface area contributed by atoms with E-state index in [-0.39, 0.29) is 5.41 Å². The molecule has 0 radical (unpaired) electrons. The van der Waals surface area contributed by atoms with Crippen molar-refractivity contribution in [1.82, 2.24) is 0 Å². The van der Waals surface area contributed by atoms with Crippen molar-refractivity contribution in [2.75, 3.05) is 0 Å². The molecule has 0 N–H and O–H groups in total. The van der Waals surface area contributed by atoms with Crippen LogP contribution in [-0.4, -0.2) is 7.85 Å². The molecule has 1 spiro atoms. The number of benzene rings is 4. The third kappa shape index (κ3) is 2.34. The third-order valence-electron chi connectivity index (χ3n) is 7.14. The molecule has 32 heavy (non-hydrogen) atoms. The first-order valence-electron chi connectivity index (χ1n) is 11.2. The maximum atomic E-state index is 3.93. The highest BCUT2D eigenvalue weighted by molar-refractivity contribution is 6.31. The van der Waals surface area contributed by atoms with Crippen LogP contribution in [0.3, 0.4) is 0 Å². The summed E-state index contributed by atoms with van der Waals surface area (Å²) >= 11 is 0. The summed E-state index contributed by atoms with van der Waals surface area (Å²) in [4.78, 5) is 0. The van der Waals surface area contributed by atoms with E-state index in [1.807, 2.05) is 6.08 Å². The maximum absolute atomic E-state index is 3.93. The van der Waals surface area contributed by atoms with E-state index in [1.54, 1.807) is 0 Å². The molecule has 0 unspecified atom stereocenters. The molecular formula is C31H23B. The second-order valence-electron chi connectivity index (χ2n) is 8.57. The molecule has 0 aliphatic heterocycles. The Morgan fingerprint density at radius 3 is 1.84 bits per heavy atom. The molecule has 4 aromatic carbocycles. The van der Waals surface area contributed by atoms with Crippen LogP contribution in [0.15, 0.2) is 127 Å². The Morgan fingerprint density at radius 2 is 1.19 bits per heavy atom. The lowest BCUT2D eigenvalue weighted by Crippen LogP contribution is -2.27. The summed E-state index contributed by atoms with van der Waals surface area (Å²) in [5.74, 6) is 0. The summed E-state index contributed by atoms with van der Waals surface area (Å²) in [6, 6.07) is 35.4. The minimum absolute atomic E-state index is 0.270. The van der Waals surface area contributed by atoms with E-state index in [0.29, 0.717) is 0 Å². The van der Waals surface area contributed by atoms with Crippen molar-refractivity contribution < 1.29 is 0 Å². The van der Waals surface area contributed by atoms with Crippen LogP contribution in [0.25, 0.3) is 27.8 Å². The van der Waals surface area contributed by atoms with Crippen LogP contribution in [-0.2, 0) is 5.41 Å². The van der Waals surface area contributed by atoms with Gasteiger partial charge in [-0.2, -0.15) is 0 Å². The van der Waals surface area contributed by atoms with Gasteiger partial charge in [-0.15, -0.1) is 0 Å². The van der Waals surface area contributed by atoms with Crippen LogP contribution in [0, 0.1) is 0 Å². The van der Waals surface area contributed by atoms with E-state index in [4.69, 9.17) is 0 Å². The Hall–Kier alpha value is -3.84. The number of hydrogen-bond donors (Lipinski definition) is 0. The second kappa shape index (κ2) is 7.10. The van der Waals surface area contributed by atoms with E-state index in [1.165, 1.54) is 55.6 Å². The molecule has 4 aromatic rings. The fraction of sp³-hybridized carbons (Fsp3) is 0.0323. The third-order valence-corrected chi connectivity index (χ3v) is 7.14. The van der Waals surface area contributed by atoms with Gasteiger partial charge in [-0.25, -0.2) is 0 Å². The van der Waals surface area contributed by atoms with Gasteiger partial charge in [-0.05, 0) is 50.1 Å². The summed E-state index contributed by atoms with van der Waals surface area (Å²) in [5.41, 5.74) is 13.1. The van der Waals surface area contributed by atoms with E-state index < -0.39 is 0 Å². The topological polar surface area (TPSA) is 0 Å². The van der Waals surface area contributed by atoms with Crippen molar-refractivity contribution in [3.63, 3.8) is 0 Å². The quantitative estimate of drug-likeness (QED) is 0.260.